The number of hydrogen-bond donors (Lipinski definition) is 3. The molecular weight excluding hydrogens is 350 g/mol. The third-order valence-electron chi connectivity index (χ3n) is 2.97. The average molecular weight is 364 g/mol. The van der Waals surface area contributed by atoms with Crippen LogP contribution in [0.3, 0.4) is 0 Å². The highest BCUT2D eigenvalue weighted by Crippen LogP contribution is 2.21. The van der Waals surface area contributed by atoms with Crippen molar-refractivity contribution in [2.45, 2.75) is 13.5 Å². The highest BCUT2D eigenvalue weighted by molar-refractivity contribution is 9.10. The number of hydrazone groups is 1. The molecule has 0 radical (unpaired) electrons. The molecule has 0 spiro atoms. The van der Waals surface area contributed by atoms with Gasteiger partial charge in [0, 0.05) is 27.4 Å². The second-order valence-corrected chi connectivity index (χ2v) is 5.41. The van der Waals surface area contributed by atoms with E-state index in [1.165, 1.54) is 12.4 Å². The summed E-state index contributed by atoms with van der Waals surface area (Å²) in [5.74, 6) is -0.458. The van der Waals surface area contributed by atoms with Gasteiger partial charge in [-0.3, -0.25) is 9.78 Å². The lowest BCUT2D eigenvalue weighted by Crippen LogP contribution is -2.17. The van der Waals surface area contributed by atoms with Crippen LogP contribution in [0, 0.1) is 6.92 Å². The van der Waals surface area contributed by atoms with Crippen LogP contribution in [-0.4, -0.2) is 27.3 Å². The van der Waals surface area contributed by atoms with Gasteiger partial charge in [-0.05, 0) is 25.1 Å². The van der Waals surface area contributed by atoms with E-state index in [4.69, 9.17) is 0 Å². The van der Waals surface area contributed by atoms with Crippen LogP contribution in [0.5, 0.6) is 5.75 Å². The van der Waals surface area contributed by atoms with Crippen LogP contribution in [0.1, 0.15) is 27.2 Å². The Morgan fingerprint density at radius 2 is 2.27 bits per heavy atom. The number of nitrogens with zero attached hydrogens (tertiary/aromatic N) is 2. The Hall–Kier alpha value is -2.25. The molecule has 0 bridgehead atoms. The van der Waals surface area contributed by atoms with Gasteiger partial charge in [-0.2, -0.15) is 5.10 Å². The van der Waals surface area contributed by atoms with E-state index < -0.39 is 0 Å². The minimum absolute atomic E-state index is 0.0768. The summed E-state index contributed by atoms with van der Waals surface area (Å²) in [4.78, 5) is 15.9. The minimum Gasteiger partial charge on any atom is -0.505 e. The topological polar surface area (TPSA) is 94.8 Å². The number of carbonyl (C=O) groups excluding carboxylic acids is 1. The number of carbonyl (C=O) groups is 1. The molecule has 2 rings (SSSR count). The normalized spacial score (nSPS) is 10.9. The van der Waals surface area contributed by atoms with Crippen molar-refractivity contribution in [3.8, 4) is 5.75 Å². The number of aliphatic hydroxyl groups is 1. The minimum atomic E-state index is -0.381. The van der Waals surface area contributed by atoms with Crippen molar-refractivity contribution in [3.63, 3.8) is 0 Å². The average Bonchev–Trinajstić information content (AvgIpc) is 2.51. The van der Waals surface area contributed by atoms with E-state index >= 15 is 0 Å². The maximum atomic E-state index is 11.9. The molecule has 0 saturated carbocycles. The molecule has 0 aliphatic heterocycles. The summed E-state index contributed by atoms with van der Waals surface area (Å²) in [6.45, 7) is 1.34. The van der Waals surface area contributed by atoms with Crippen molar-refractivity contribution < 1.29 is 15.0 Å². The third-order valence-corrected chi connectivity index (χ3v) is 3.47. The summed E-state index contributed by atoms with van der Waals surface area (Å²) in [5, 5.41) is 23.0. The molecule has 0 aliphatic carbocycles. The molecular formula is C15H14BrN3O3. The molecule has 1 aromatic heterocycles. The summed E-state index contributed by atoms with van der Waals surface area (Å²) < 4.78 is 0.786. The molecule has 2 aromatic rings. The molecule has 1 amide bonds. The van der Waals surface area contributed by atoms with Crippen LogP contribution in [0.4, 0.5) is 0 Å². The van der Waals surface area contributed by atoms with Crippen molar-refractivity contribution >= 4 is 28.1 Å². The Morgan fingerprint density at radius 3 is 2.95 bits per heavy atom. The summed E-state index contributed by atoms with van der Waals surface area (Å²) in [6, 6.07) is 6.87. The van der Waals surface area contributed by atoms with E-state index in [9.17, 15) is 15.0 Å². The zero-order chi connectivity index (χ0) is 16.1. The first-order chi connectivity index (χ1) is 10.5. The molecule has 1 heterocycles. The van der Waals surface area contributed by atoms with Gasteiger partial charge >= 0.3 is 0 Å². The first-order valence-electron chi connectivity index (χ1n) is 6.40. The summed E-state index contributed by atoms with van der Waals surface area (Å²) in [6.07, 6.45) is 2.73. The van der Waals surface area contributed by atoms with Crippen LogP contribution < -0.4 is 5.43 Å². The van der Waals surface area contributed by atoms with Gasteiger partial charge in [-0.1, -0.05) is 22.0 Å². The van der Waals surface area contributed by atoms with Gasteiger partial charge in [0.15, 0.2) is 0 Å². The number of amides is 1. The van der Waals surface area contributed by atoms with Crippen molar-refractivity contribution in [1.29, 1.82) is 0 Å². The third kappa shape index (κ3) is 3.69. The van der Waals surface area contributed by atoms with Gasteiger partial charge < -0.3 is 10.2 Å². The van der Waals surface area contributed by atoms with E-state index in [-0.39, 0.29) is 18.3 Å². The Bertz CT molecular complexity index is 732. The van der Waals surface area contributed by atoms with Gasteiger partial charge in [0.1, 0.15) is 5.75 Å². The molecule has 0 atom stereocenters. The molecule has 22 heavy (non-hydrogen) atoms. The van der Waals surface area contributed by atoms with Crippen LogP contribution in [0.25, 0.3) is 0 Å². The molecule has 0 unspecified atom stereocenters. The number of rotatable bonds is 4. The van der Waals surface area contributed by atoms with Crippen molar-refractivity contribution in [1.82, 2.24) is 10.4 Å². The zero-order valence-corrected chi connectivity index (χ0v) is 13.3. The molecule has 0 fully saturated rings. The van der Waals surface area contributed by atoms with Crippen LogP contribution in [0.15, 0.2) is 40.0 Å². The maximum Gasteiger partial charge on any atom is 0.271 e. The second-order valence-electron chi connectivity index (χ2n) is 4.50. The Morgan fingerprint density at radius 1 is 1.50 bits per heavy atom. The SMILES string of the molecule is Cc1ncc(CO)c(/C=N\NC(=O)c2cccc(Br)c2)c1O. The van der Waals surface area contributed by atoms with E-state index in [1.807, 2.05) is 6.07 Å². The first-order valence-corrected chi connectivity index (χ1v) is 7.19. The molecule has 3 N–H and O–H groups in total. The fourth-order valence-electron chi connectivity index (χ4n) is 1.77. The predicted molar refractivity (Wildman–Crippen MR) is 85.8 cm³/mol. The Labute approximate surface area is 135 Å². The number of aryl methyl sites for hydroxylation is 1. The second kappa shape index (κ2) is 7.15. The van der Waals surface area contributed by atoms with E-state index in [0.29, 0.717) is 22.4 Å². The predicted octanol–water partition coefficient (Wildman–Crippen LogP) is 2.11. The van der Waals surface area contributed by atoms with E-state index in [0.717, 1.165) is 4.47 Å². The highest BCUT2D eigenvalue weighted by Gasteiger charge is 2.10. The van der Waals surface area contributed by atoms with Crippen molar-refractivity contribution in [3.05, 3.63) is 57.3 Å². The fraction of sp³-hybridized carbons (Fsp3) is 0.133. The summed E-state index contributed by atoms with van der Waals surface area (Å²) in [5.41, 5.74) is 3.97. The summed E-state index contributed by atoms with van der Waals surface area (Å²) in [7, 11) is 0. The number of halogens is 1. The summed E-state index contributed by atoms with van der Waals surface area (Å²) >= 11 is 3.29. The number of pyridine rings is 1. The van der Waals surface area contributed by atoms with E-state index in [2.05, 4.69) is 31.4 Å². The monoisotopic (exact) mass is 363 g/mol. The first kappa shape index (κ1) is 16.1. The maximum absolute atomic E-state index is 11.9. The lowest BCUT2D eigenvalue weighted by atomic mass is 10.1. The van der Waals surface area contributed by atoms with Crippen LogP contribution in [-0.2, 0) is 6.61 Å². The number of hydrogen-bond acceptors (Lipinski definition) is 5. The van der Waals surface area contributed by atoms with Crippen molar-refractivity contribution in [2.24, 2.45) is 5.10 Å². The highest BCUT2D eigenvalue weighted by atomic mass is 79.9. The number of benzene rings is 1. The Kier molecular flexibility index (Phi) is 5.24. The quantitative estimate of drug-likeness (QED) is 0.572. The molecule has 0 saturated heterocycles. The van der Waals surface area contributed by atoms with Crippen LogP contribution in [0.2, 0.25) is 0 Å². The zero-order valence-electron chi connectivity index (χ0n) is 11.7. The lowest BCUT2D eigenvalue weighted by Gasteiger charge is -2.07. The molecule has 7 heteroatoms. The van der Waals surface area contributed by atoms with Crippen LogP contribution >= 0.6 is 15.9 Å². The molecule has 6 nitrogen and oxygen atoms in total. The van der Waals surface area contributed by atoms with Crippen molar-refractivity contribution in [2.75, 3.05) is 0 Å². The largest absolute Gasteiger partial charge is 0.505 e. The van der Waals surface area contributed by atoms with Gasteiger partial charge in [-0.15, -0.1) is 0 Å². The van der Waals surface area contributed by atoms with Gasteiger partial charge in [0.25, 0.3) is 5.91 Å². The van der Waals surface area contributed by atoms with Gasteiger partial charge in [0.2, 0.25) is 0 Å². The number of aliphatic hydroxyl groups excluding tert-OH is 1. The molecule has 0 aliphatic rings. The number of aromatic hydroxyl groups is 1. The number of nitrogens with one attached hydrogen (secondary N) is 1. The Balaban J connectivity index is 2.16. The van der Waals surface area contributed by atoms with Gasteiger partial charge in [0.05, 0.1) is 18.5 Å². The van der Waals surface area contributed by atoms with Gasteiger partial charge in [-0.25, -0.2) is 5.43 Å². The van der Waals surface area contributed by atoms with E-state index in [1.54, 1.807) is 25.1 Å². The molecule has 114 valence electrons. The lowest BCUT2D eigenvalue weighted by molar-refractivity contribution is 0.0955. The smallest absolute Gasteiger partial charge is 0.271 e. The standard InChI is InChI=1S/C15H14BrN3O3/c1-9-14(21)13(11(8-20)6-17-9)7-18-19-15(22)10-3-2-4-12(16)5-10/h2-7,20-21H,8H2,1H3,(H,19,22)/b18-7-. The number of aromatic nitrogens is 1. The fourth-order valence-corrected chi connectivity index (χ4v) is 2.17. The molecule has 1 aromatic carbocycles.